The van der Waals surface area contributed by atoms with Gasteiger partial charge in [0.1, 0.15) is 4.33 Å². The average Bonchev–Trinajstić information content (AvgIpc) is 3.03. The van der Waals surface area contributed by atoms with Gasteiger partial charge < -0.3 is 4.52 Å². The van der Waals surface area contributed by atoms with Gasteiger partial charge in [-0.25, -0.2) is 13.6 Å². The number of rotatable bonds is 4. The topological polar surface area (TPSA) is 99.1 Å². The van der Waals surface area contributed by atoms with E-state index >= 15 is 0 Å². The smallest absolute Gasteiger partial charge is 0.238 e. The number of halogens is 2. The fourth-order valence-electron chi connectivity index (χ4n) is 3.64. The van der Waals surface area contributed by atoms with Gasteiger partial charge in [-0.2, -0.15) is 4.98 Å². The molecule has 2 fully saturated rings. The molecule has 2 aromatic rings. The lowest BCUT2D eigenvalue weighted by molar-refractivity contribution is 0.369. The predicted octanol–water partition coefficient (Wildman–Crippen LogP) is 3.43. The Bertz CT molecular complexity index is 890. The maximum atomic E-state index is 11.4. The van der Waals surface area contributed by atoms with Crippen LogP contribution in [0.5, 0.6) is 0 Å². The highest BCUT2D eigenvalue weighted by Crippen LogP contribution is 2.69. The third-order valence-corrected chi connectivity index (χ3v) is 6.93. The van der Waals surface area contributed by atoms with Crippen LogP contribution in [-0.2, 0) is 10.0 Å². The van der Waals surface area contributed by atoms with Crippen LogP contribution in [0.15, 0.2) is 33.7 Å². The lowest BCUT2D eigenvalue weighted by Gasteiger charge is -2.02. The fraction of sp³-hybridized carbons (Fsp3) is 0.500. The SMILES string of the molecule is NS(=O)(=O)c1ccc([C@@H]2[C@@H](c3nc(C4CCCC4)no3)C2(Cl)Cl)cc1. The molecule has 2 saturated carbocycles. The number of nitrogens with zero attached hydrogens (tertiary/aromatic N) is 2. The molecule has 0 spiro atoms. The summed E-state index contributed by atoms with van der Waals surface area (Å²) >= 11 is 12.9. The second kappa shape index (κ2) is 5.94. The van der Waals surface area contributed by atoms with Gasteiger partial charge in [-0.05, 0) is 30.5 Å². The second-order valence-electron chi connectivity index (χ2n) is 6.72. The summed E-state index contributed by atoms with van der Waals surface area (Å²) in [5, 5.41) is 9.22. The highest BCUT2D eigenvalue weighted by atomic mass is 35.5. The van der Waals surface area contributed by atoms with E-state index in [1.807, 2.05) is 0 Å². The van der Waals surface area contributed by atoms with Gasteiger partial charge in [-0.1, -0.05) is 30.1 Å². The third kappa shape index (κ3) is 3.07. The average molecular weight is 402 g/mol. The zero-order valence-corrected chi connectivity index (χ0v) is 15.6. The molecule has 2 N–H and O–H groups in total. The van der Waals surface area contributed by atoms with Crippen LogP contribution in [0.2, 0.25) is 0 Å². The maximum absolute atomic E-state index is 11.4. The van der Waals surface area contributed by atoms with Gasteiger partial charge in [0.05, 0.1) is 10.8 Å². The molecule has 2 atom stereocenters. The highest BCUT2D eigenvalue weighted by Gasteiger charge is 2.67. The molecule has 2 aliphatic carbocycles. The van der Waals surface area contributed by atoms with Gasteiger partial charge in [0.25, 0.3) is 0 Å². The van der Waals surface area contributed by atoms with Crippen LogP contribution in [0.1, 0.15) is 60.7 Å². The molecule has 0 saturated heterocycles. The van der Waals surface area contributed by atoms with E-state index in [-0.39, 0.29) is 16.7 Å². The van der Waals surface area contributed by atoms with E-state index < -0.39 is 14.4 Å². The van der Waals surface area contributed by atoms with Crippen molar-refractivity contribution in [2.45, 2.75) is 52.7 Å². The Kier molecular flexibility index (Phi) is 4.11. The van der Waals surface area contributed by atoms with Crippen molar-refractivity contribution in [2.24, 2.45) is 5.14 Å². The summed E-state index contributed by atoms with van der Waals surface area (Å²) < 4.78 is 27.1. The van der Waals surface area contributed by atoms with Gasteiger partial charge in [0, 0.05) is 11.8 Å². The summed E-state index contributed by atoms with van der Waals surface area (Å²) in [6.45, 7) is 0. The van der Waals surface area contributed by atoms with Crippen LogP contribution in [0.4, 0.5) is 0 Å². The van der Waals surface area contributed by atoms with Gasteiger partial charge in [0.2, 0.25) is 15.9 Å². The van der Waals surface area contributed by atoms with Crippen molar-refractivity contribution < 1.29 is 12.9 Å². The molecule has 134 valence electrons. The van der Waals surface area contributed by atoms with Crippen molar-refractivity contribution in [1.29, 1.82) is 0 Å². The number of nitrogens with two attached hydrogens (primary N) is 1. The highest BCUT2D eigenvalue weighted by molar-refractivity contribution is 7.89. The van der Waals surface area contributed by atoms with Crippen LogP contribution < -0.4 is 5.14 Å². The van der Waals surface area contributed by atoms with E-state index in [0.717, 1.165) is 24.2 Å². The molecule has 6 nitrogen and oxygen atoms in total. The zero-order valence-electron chi connectivity index (χ0n) is 13.2. The molecule has 0 amide bonds. The van der Waals surface area contributed by atoms with E-state index in [1.54, 1.807) is 12.1 Å². The lowest BCUT2D eigenvalue weighted by Crippen LogP contribution is -2.11. The Labute approximate surface area is 155 Å². The summed E-state index contributed by atoms with van der Waals surface area (Å²) in [6, 6.07) is 6.22. The molecule has 25 heavy (non-hydrogen) atoms. The van der Waals surface area contributed by atoms with Crippen molar-refractivity contribution in [3.8, 4) is 0 Å². The van der Waals surface area contributed by atoms with E-state index in [4.69, 9.17) is 32.9 Å². The fourth-order valence-corrected chi connectivity index (χ4v) is 4.97. The number of hydrogen-bond acceptors (Lipinski definition) is 5. The zero-order chi connectivity index (χ0) is 17.8. The van der Waals surface area contributed by atoms with Gasteiger partial charge in [-0.3, -0.25) is 0 Å². The normalized spacial score (nSPS) is 26.0. The summed E-state index contributed by atoms with van der Waals surface area (Å²) in [5.74, 6) is 0.976. The Hall–Kier alpha value is -1.15. The van der Waals surface area contributed by atoms with Crippen LogP contribution in [0.25, 0.3) is 0 Å². The molecule has 4 rings (SSSR count). The van der Waals surface area contributed by atoms with Crippen molar-refractivity contribution in [3.63, 3.8) is 0 Å². The summed E-state index contributed by atoms with van der Waals surface area (Å²) in [6.07, 6.45) is 4.53. The van der Waals surface area contributed by atoms with Crippen LogP contribution in [-0.4, -0.2) is 22.9 Å². The minimum absolute atomic E-state index is 0.0458. The number of sulfonamides is 1. The van der Waals surface area contributed by atoms with Crippen molar-refractivity contribution >= 4 is 33.2 Å². The van der Waals surface area contributed by atoms with Crippen LogP contribution >= 0.6 is 23.2 Å². The first kappa shape index (κ1) is 17.3. The minimum Gasteiger partial charge on any atom is -0.339 e. The number of hydrogen-bond donors (Lipinski definition) is 1. The first-order valence-corrected chi connectivity index (χ1v) is 10.4. The van der Waals surface area contributed by atoms with Crippen molar-refractivity contribution in [1.82, 2.24) is 10.1 Å². The second-order valence-corrected chi connectivity index (χ2v) is 9.72. The van der Waals surface area contributed by atoms with Crippen LogP contribution in [0.3, 0.4) is 0 Å². The summed E-state index contributed by atoms with van der Waals surface area (Å²) in [7, 11) is -3.73. The Morgan fingerprint density at radius 1 is 1.12 bits per heavy atom. The van der Waals surface area contributed by atoms with E-state index in [1.165, 1.54) is 25.0 Å². The molecule has 1 heterocycles. The van der Waals surface area contributed by atoms with Crippen molar-refractivity contribution in [2.75, 3.05) is 0 Å². The first-order valence-electron chi connectivity index (χ1n) is 8.12. The number of aromatic nitrogens is 2. The number of benzene rings is 1. The predicted molar refractivity (Wildman–Crippen MR) is 93.2 cm³/mol. The molecule has 0 radical (unpaired) electrons. The van der Waals surface area contributed by atoms with Gasteiger partial charge >= 0.3 is 0 Å². The first-order chi connectivity index (χ1) is 11.8. The minimum atomic E-state index is -3.73. The Balaban J connectivity index is 1.57. The largest absolute Gasteiger partial charge is 0.339 e. The molecule has 0 unspecified atom stereocenters. The molecular formula is C16H17Cl2N3O3S. The van der Waals surface area contributed by atoms with Gasteiger partial charge in [-0.15, -0.1) is 23.2 Å². The summed E-state index contributed by atoms with van der Waals surface area (Å²) in [4.78, 5) is 4.57. The molecule has 1 aromatic carbocycles. The van der Waals surface area contributed by atoms with E-state index in [9.17, 15) is 8.42 Å². The summed E-state index contributed by atoms with van der Waals surface area (Å²) in [5.41, 5.74) is 0.808. The molecular weight excluding hydrogens is 385 g/mol. The Morgan fingerprint density at radius 3 is 2.36 bits per heavy atom. The Morgan fingerprint density at radius 2 is 1.76 bits per heavy atom. The van der Waals surface area contributed by atoms with Gasteiger partial charge in [0.15, 0.2) is 5.82 Å². The lowest BCUT2D eigenvalue weighted by atomic mass is 10.1. The van der Waals surface area contributed by atoms with E-state index in [0.29, 0.717) is 11.8 Å². The molecule has 9 heteroatoms. The molecule has 0 aliphatic heterocycles. The quantitative estimate of drug-likeness (QED) is 0.790. The maximum Gasteiger partial charge on any atom is 0.238 e. The third-order valence-electron chi connectivity index (χ3n) is 5.07. The molecule has 1 aromatic heterocycles. The molecule has 0 bridgehead atoms. The monoisotopic (exact) mass is 401 g/mol. The number of alkyl halides is 2. The number of primary sulfonamides is 1. The van der Waals surface area contributed by atoms with Crippen LogP contribution in [0, 0.1) is 0 Å². The van der Waals surface area contributed by atoms with E-state index in [2.05, 4.69) is 10.1 Å². The molecule has 2 aliphatic rings. The standard InChI is InChI=1S/C16H17Cl2N3O3S/c17-16(18)12(9-5-7-11(8-6-9)25(19,22)23)13(16)15-20-14(21-24-15)10-3-1-2-4-10/h5-8,10,12-13H,1-4H2,(H2,19,22,23)/t12-,13+/m1/s1. The van der Waals surface area contributed by atoms with Crippen molar-refractivity contribution in [3.05, 3.63) is 41.5 Å².